The molecule has 1 N–H and O–H groups in total. The van der Waals surface area contributed by atoms with Gasteiger partial charge in [0.2, 0.25) is 11.3 Å². The standard InChI is InChI=1S/C51H54Cl3N7O4S/c1-10-41(64-43-25-21-33(50(6,7)11-2)27-38(43)51(8,9)12-3)47(62)55-35-28-39(53)45(40(54)29-35)61-48(63)46(44(57-61)32-19-22-34(52)23-20-32)65-42-24-18-30(4)26-37(42)31(5)66-49-56-58-59-60(49)36-16-14-13-15-17-36/h13-29,31,41,46H,10-12H2,1-9H3,(H,55,62). The molecule has 0 saturated carbocycles. The predicted molar refractivity (Wildman–Crippen MR) is 267 cm³/mol. The lowest BCUT2D eigenvalue weighted by molar-refractivity contribution is -0.123. The minimum Gasteiger partial charge on any atom is -0.480 e. The summed E-state index contributed by atoms with van der Waals surface area (Å²) in [5.74, 6) is 0.233. The van der Waals surface area contributed by atoms with Crippen molar-refractivity contribution in [3.63, 3.8) is 0 Å². The van der Waals surface area contributed by atoms with Crippen LogP contribution in [0, 0.1) is 6.92 Å². The molecule has 0 aliphatic carbocycles. The van der Waals surface area contributed by atoms with Crippen LogP contribution in [0.25, 0.3) is 5.69 Å². The van der Waals surface area contributed by atoms with E-state index in [2.05, 4.69) is 74.5 Å². The first-order valence-corrected chi connectivity index (χ1v) is 24.0. The van der Waals surface area contributed by atoms with Crippen LogP contribution in [0.15, 0.2) is 113 Å². The number of hydrogen-bond acceptors (Lipinski definition) is 9. The van der Waals surface area contributed by atoms with Crippen LogP contribution in [0.2, 0.25) is 15.1 Å². The number of ether oxygens (including phenoxy) is 2. The number of amides is 2. The van der Waals surface area contributed by atoms with E-state index in [-0.39, 0.29) is 37.7 Å². The maximum Gasteiger partial charge on any atom is 0.294 e. The SMILES string of the molecule is CCC(Oc1ccc(C(C)(C)CC)cc1C(C)(C)CC)C(=O)Nc1cc(Cl)c(N2N=C(c3ccc(Cl)cc3)C(Oc3ccc(C)cc3C(C)Sc3nnnn3-c3ccccc3)C2=O)c(Cl)c1. The van der Waals surface area contributed by atoms with E-state index in [0.717, 1.165) is 40.2 Å². The number of rotatable bonds is 17. The van der Waals surface area contributed by atoms with E-state index in [0.29, 0.717) is 45.1 Å². The Hall–Kier alpha value is -5.40. The topological polar surface area (TPSA) is 124 Å². The lowest BCUT2D eigenvalue weighted by Gasteiger charge is -2.31. The van der Waals surface area contributed by atoms with Gasteiger partial charge < -0.3 is 14.8 Å². The molecule has 3 unspecified atom stereocenters. The van der Waals surface area contributed by atoms with Gasteiger partial charge in [0.1, 0.15) is 22.9 Å². The number of carbonyl (C=O) groups excluding carboxylic acids is 2. The lowest BCUT2D eigenvalue weighted by Crippen LogP contribution is -2.37. The summed E-state index contributed by atoms with van der Waals surface area (Å²) in [5, 5.41) is 22.4. The van der Waals surface area contributed by atoms with Crippen molar-refractivity contribution < 1.29 is 19.1 Å². The summed E-state index contributed by atoms with van der Waals surface area (Å²) in [7, 11) is 0. The van der Waals surface area contributed by atoms with Crippen LogP contribution in [0.5, 0.6) is 11.5 Å². The molecule has 15 heteroatoms. The van der Waals surface area contributed by atoms with E-state index in [1.807, 2.05) is 75.4 Å². The Bertz CT molecular complexity index is 2740. The zero-order valence-corrected chi connectivity index (χ0v) is 41.6. The molecule has 7 rings (SSSR count). The summed E-state index contributed by atoms with van der Waals surface area (Å²) in [6, 6.07) is 31.8. The number of tetrazole rings is 1. The monoisotopic (exact) mass is 965 g/mol. The zero-order chi connectivity index (χ0) is 47.5. The molecule has 1 aliphatic rings. The van der Waals surface area contributed by atoms with Gasteiger partial charge in [-0.1, -0.05) is 155 Å². The molecule has 6 aromatic rings. The third kappa shape index (κ3) is 10.4. The molecule has 2 amide bonds. The van der Waals surface area contributed by atoms with Crippen LogP contribution < -0.4 is 19.8 Å². The maximum absolute atomic E-state index is 14.7. The van der Waals surface area contributed by atoms with E-state index in [1.165, 1.54) is 17.3 Å². The molecule has 5 aromatic carbocycles. The summed E-state index contributed by atoms with van der Waals surface area (Å²) in [6.45, 7) is 19.1. The summed E-state index contributed by atoms with van der Waals surface area (Å²) < 4.78 is 14.9. The van der Waals surface area contributed by atoms with Crippen molar-refractivity contribution in [1.82, 2.24) is 20.2 Å². The fourth-order valence-electron chi connectivity index (χ4n) is 7.47. The van der Waals surface area contributed by atoms with E-state index in [1.54, 1.807) is 41.1 Å². The van der Waals surface area contributed by atoms with E-state index < -0.39 is 18.1 Å². The minimum absolute atomic E-state index is 0.0196. The molecule has 1 aliphatic heterocycles. The third-order valence-corrected chi connectivity index (χ3v) is 14.2. The fourth-order valence-corrected chi connectivity index (χ4v) is 9.20. The number of aromatic nitrogens is 4. The first-order valence-electron chi connectivity index (χ1n) is 22.0. The summed E-state index contributed by atoms with van der Waals surface area (Å²) >= 11 is 21.7. The number of nitrogens with one attached hydrogen (secondary N) is 1. The van der Waals surface area contributed by atoms with Gasteiger partial charge in [-0.3, -0.25) is 9.59 Å². The van der Waals surface area contributed by atoms with Crippen molar-refractivity contribution in [2.24, 2.45) is 5.10 Å². The Morgan fingerprint density at radius 2 is 1.52 bits per heavy atom. The van der Waals surface area contributed by atoms with Gasteiger partial charge in [-0.15, -0.1) is 5.10 Å². The van der Waals surface area contributed by atoms with Gasteiger partial charge in [-0.05, 0) is 108 Å². The van der Waals surface area contributed by atoms with Gasteiger partial charge in [0.05, 0.1) is 15.7 Å². The first-order chi connectivity index (χ1) is 31.4. The number of benzene rings is 5. The van der Waals surface area contributed by atoms with Gasteiger partial charge >= 0.3 is 0 Å². The van der Waals surface area contributed by atoms with E-state index in [4.69, 9.17) is 49.4 Å². The molecule has 0 fully saturated rings. The smallest absolute Gasteiger partial charge is 0.294 e. The van der Waals surface area contributed by atoms with Gasteiger partial charge in [0.15, 0.2) is 6.10 Å². The fraction of sp³-hybridized carbons (Fsp3) is 0.333. The second-order valence-corrected chi connectivity index (χ2v) is 20.2. The van der Waals surface area contributed by atoms with Crippen molar-refractivity contribution in [1.29, 1.82) is 0 Å². The highest BCUT2D eigenvalue weighted by atomic mass is 35.5. The molecule has 66 heavy (non-hydrogen) atoms. The lowest BCUT2D eigenvalue weighted by atomic mass is 9.76. The molecule has 344 valence electrons. The molecule has 1 aromatic heterocycles. The highest BCUT2D eigenvalue weighted by Crippen LogP contribution is 2.43. The highest BCUT2D eigenvalue weighted by molar-refractivity contribution is 7.99. The molecule has 11 nitrogen and oxygen atoms in total. The van der Waals surface area contributed by atoms with Gasteiger partial charge in [0.25, 0.3) is 11.8 Å². The number of para-hydroxylation sites is 1. The molecule has 0 saturated heterocycles. The number of aryl methyl sites for hydroxylation is 1. The van der Waals surface area contributed by atoms with Crippen molar-refractivity contribution >= 4 is 75.5 Å². The largest absolute Gasteiger partial charge is 0.480 e. The number of hydrazone groups is 1. The zero-order valence-electron chi connectivity index (χ0n) is 38.5. The molecular weight excluding hydrogens is 913 g/mol. The molecule has 2 heterocycles. The van der Waals surface area contributed by atoms with Crippen molar-refractivity contribution in [3.05, 3.63) is 146 Å². The van der Waals surface area contributed by atoms with Gasteiger partial charge in [-0.25, -0.2) is 0 Å². The Kier molecular flexibility index (Phi) is 14.9. The number of hydrogen-bond donors (Lipinski definition) is 1. The first kappa shape index (κ1) is 48.5. The minimum atomic E-state index is -1.21. The number of anilines is 2. The molecule has 3 atom stereocenters. The molecule has 0 bridgehead atoms. The number of thioether (sulfide) groups is 1. The molecular formula is C51H54Cl3N7O4S. The predicted octanol–water partition coefficient (Wildman–Crippen LogP) is 13.2. The van der Waals surface area contributed by atoms with Crippen molar-refractivity contribution in [2.75, 3.05) is 10.3 Å². The number of carbonyl (C=O) groups is 2. The van der Waals surface area contributed by atoms with Crippen molar-refractivity contribution in [3.8, 4) is 17.2 Å². The molecule has 0 spiro atoms. The number of nitrogens with zero attached hydrogens (tertiary/aromatic N) is 6. The van der Waals surface area contributed by atoms with E-state index in [9.17, 15) is 9.59 Å². The van der Waals surface area contributed by atoms with Crippen LogP contribution in [-0.2, 0) is 20.4 Å². The van der Waals surface area contributed by atoms with Crippen LogP contribution in [0.3, 0.4) is 0 Å². The van der Waals surface area contributed by atoms with Crippen LogP contribution in [0.4, 0.5) is 11.4 Å². The average molecular weight is 967 g/mol. The normalized spacial score (nSPS) is 15.1. The second kappa shape index (κ2) is 20.2. The van der Waals surface area contributed by atoms with E-state index >= 15 is 0 Å². The second-order valence-electron chi connectivity index (χ2n) is 17.6. The Labute approximate surface area is 406 Å². The Morgan fingerprint density at radius 1 is 0.848 bits per heavy atom. The Balaban J connectivity index is 1.15. The van der Waals surface area contributed by atoms with Gasteiger partial charge in [0, 0.05) is 32.7 Å². The summed E-state index contributed by atoms with van der Waals surface area (Å²) in [6.07, 6.45) is 0.230. The average Bonchev–Trinajstić information content (AvgIpc) is 3.89. The van der Waals surface area contributed by atoms with Crippen LogP contribution >= 0.6 is 46.6 Å². The third-order valence-electron chi connectivity index (χ3n) is 12.3. The number of halogens is 3. The summed E-state index contributed by atoms with van der Waals surface area (Å²) in [4.78, 5) is 28.6. The highest BCUT2D eigenvalue weighted by Gasteiger charge is 2.42. The molecule has 0 radical (unpaired) electrons. The Morgan fingerprint density at radius 3 is 2.17 bits per heavy atom. The maximum atomic E-state index is 14.7. The van der Waals surface area contributed by atoms with Crippen molar-refractivity contribution in [2.45, 2.75) is 115 Å². The van der Waals surface area contributed by atoms with Crippen LogP contribution in [0.1, 0.15) is 108 Å². The van der Waals surface area contributed by atoms with Gasteiger partial charge in [-0.2, -0.15) is 14.8 Å². The quantitative estimate of drug-likeness (QED) is 0.0896. The van der Waals surface area contributed by atoms with Crippen LogP contribution in [-0.4, -0.2) is 49.9 Å². The summed E-state index contributed by atoms with van der Waals surface area (Å²) in [5.41, 5.74) is 6.07.